The number of nitrogens with zero attached hydrogens (tertiary/aromatic N) is 6. The molecule has 82 heavy (non-hydrogen) atoms. The summed E-state index contributed by atoms with van der Waals surface area (Å²) in [5, 5.41) is 18.8. The van der Waals surface area contributed by atoms with Crippen molar-refractivity contribution in [2.75, 3.05) is 111 Å². The van der Waals surface area contributed by atoms with Crippen LogP contribution in [0.4, 0.5) is 10.5 Å². The Hall–Kier alpha value is -7.54. The third-order valence-electron chi connectivity index (χ3n) is 13.8. The summed E-state index contributed by atoms with van der Waals surface area (Å²) in [5.41, 5.74) is 5.97. The number of ether oxygens (including phenoxy) is 6. The molecule has 0 fully saturated rings. The van der Waals surface area contributed by atoms with Gasteiger partial charge in [0.15, 0.2) is 0 Å². The van der Waals surface area contributed by atoms with Crippen LogP contribution in [0.1, 0.15) is 86.0 Å². The van der Waals surface area contributed by atoms with Crippen LogP contribution in [0, 0.1) is 0 Å². The number of nitrogens with one attached hydrogen (secondary N) is 4. The average Bonchev–Trinajstić information content (AvgIpc) is 3.99. The van der Waals surface area contributed by atoms with Crippen molar-refractivity contribution >= 4 is 63.8 Å². The number of urea groups is 1. The SMILES string of the molecule is COCCOCCOCCOCCOCCOCCC(=O)NCCCC[C@H](NC(=O)CN1C(=O)C=CC1=O)C(=O)NCCCCCCN1N=C(c2ccc(NC(=O)N3Cc4ccncc4C3)cc2)CC(c2cccc3ncccc23)C1=O. The lowest BCUT2D eigenvalue weighted by Crippen LogP contribution is -2.50. The van der Waals surface area contributed by atoms with Crippen molar-refractivity contribution in [2.24, 2.45) is 5.10 Å². The van der Waals surface area contributed by atoms with E-state index in [2.05, 4.69) is 31.2 Å². The number of amides is 8. The zero-order valence-corrected chi connectivity index (χ0v) is 46.7. The standard InChI is InChI=1S/C59H76N10O13/c1-77-28-29-79-32-33-81-36-37-82-35-34-80-31-30-78-27-21-53(70)62-22-6-4-12-51(65-54(71)42-68-55(72)18-19-56(68)73)57(74)63-23-5-2-3-7-26-69-58(75)49(47-10-8-13-50-48(47)11-9-24-61-50)38-52(66-69)43-14-16-46(17-15-43)64-59(76)67-40-44-20-25-60-39-45(44)41-67/h8-11,13-20,24-25,39,49,51H,2-7,12,21-23,26-38,40-42H2,1H3,(H,62,70)(H,63,74)(H,64,76)(H,65,71)/t49?,51-/m0/s1. The maximum Gasteiger partial charge on any atom is 0.322 e. The summed E-state index contributed by atoms with van der Waals surface area (Å²) in [7, 11) is 1.62. The van der Waals surface area contributed by atoms with E-state index in [9.17, 15) is 33.6 Å². The summed E-state index contributed by atoms with van der Waals surface area (Å²) in [6.45, 7) is 6.22. The Bertz CT molecular complexity index is 2770. The fraction of sp³-hybridized carbons (Fsp3) is 0.492. The molecule has 5 heterocycles. The Morgan fingerprint density at radius 3 is 2.04 bits per heavy atom. The third-order valence-corrected chi connectivity index (χ3v) is 13.8. The highest BCUT2D eigenvalue weighted by Gasteiger charge is 2.34. The minimum absolute atomic E-state index is 0.111. The van der Waals surface area contributed by atoms with Gasteiger partial charge in [-0.25, -0.2) is 9.80 Å². The van der Waals surface area contributed by atoms with Gasteiger partial charge >= 0.3 is 6.03 Å². The number of hydrogen-bond donors (Lipinski definition) is 4. The van der Waals surface area contributed by atoms with Crippen LogP contribution in [-0.2, 0) is 70.3 Å². The number of aromatic nitrogens is 2. The number of hydrogen-bond acceptors (Lipinski definition) is 16. The van der Waals surface area contributed by atoms with E-state index >= 15 is 0 Å². The van der Waals surface area contributed by atoms with E-state index in [0.717, 1.165) is 68.8 Å². The minimum Gasteiger partial charge on any atom is -0.382 e. The topological polar surface area (TPSA) is 271 Å². The van der Waals surface area contributed by atoms with Crippen molar-refractivity contribution in [1.29, 1.82) is 0 Å². The zero-order valence-electron chi connectivity index (χ0n) is 46.7. The molecule has 8 amide bonds. The fourth-order valence-electron chi connectivity index (χ4n) is 9.41. The number of fused-ring (bicyclic) bond motifs is 2. The van der Waals surface area contributed by atoms with Crippen LogP contribution >= 0.6 is 0 Å². The number of carbonyl (C=O) groups excluding carboxylic acids is 7. The van der Waals surface area contributed by atoms with E-state index in [-0.39, 0.29) is 37.3 Å². The second-order valence-electron chi connectivity index (χ2n) is 19.8. The van der Waals surface area contributed by atoms with Gasteiger partial charge in [0.1, 0.15) is 12.6 Å². The first-order valence-corrected chi connectivity index (χ1v) is 28.1. The highest BCUT2D eigenvalue weighted by atomic mass is 16.6. The van der Waals surface area contributed by atoms with Gasteiger partial charge in [0.2, 0.25) is 17.7 Å². The summed E-state index contributed by atoms with van der Waals surface area (Å²) in [5.74, 6) is -3.10. The van der Waals surface area contributed by atoms with Gasteiger partial charge in [-0.2, -0.15) is 5.10 Å². The Morgan fingerprint density at radius 1 is 0.671 bits per heavy atom. The average molecular weight is 1130 g/mol. The molecule has 2 aromatic carbocycles. The Kier molecular flexibility index (Phi) is 25.8. The first-order valence-electron chi connectivity index (χ1n) is 28.1. The quantitative estimate of drug-likeness (QED) is 0.0360. The maximum absolute atomic E-state index is 14.3. The van der Waals surface area contributed by atoms with Crippen molar-refractivity contribution in [2.45, 2.75) is 82.8 Å². The van der Waals surface area contributed by atoms with E-state index in [1.807, 2.05) is 60.7 Å². The molecule has 23 nitrogen and oxygen atoms in total. The lowest BCUT2D eigenvalue weighted by Gasteiger charge is -2.30. The Morgan fingerprint density at radius 2 is 1.33 bits per heavy atom. The lowest BCUT2D eigenvalue weighted by atomic mass is 9.86. The summed E-state index contributed by atoms with van der Waals surface area (Å²) in [4.78, 5) is 102. The Balaban J connectivity index is 0.816. The fourth-order valence-corrected chi connectivity index (χ4v) is 9.41. The molecule has 0 spiro atoms. The number of rotatable bonds is 37. The summed E-state index contributed by atoms with van der Waals surface area (Å²) in [6.07, 6.45) is 11.9. The second-order valence-corrected chi connectivity index (χ2v) is 19.8. The van der Waals surface area contributed by atoms with E-state index in [1.54, 1.807) is 35.6 Å². The van der Waals surface area contributed by atoms with Crippen molar-refractivity contribution in [3.63, 3.8) is 0 Å². The maximum atomic E-state index is 14.3. The number of hydrazone groups is 1. The number of benzene rings is 2. The van der Waals surface area contributed by atoms with Crippen LogP contribution in [0.25, 0.3) is 10.9 Å². The molecular formula is C59H76N10O13. The smallest absolute Gasteiger partial charge is 0.322 e. The predicted octanol–water partition coefficient (Wildman–Crippen LogP) is 4.39. The normalized spacial score (nSPS) is 15.2. The summed E-state index contributed by atoms with van der Waals surface area (Å²) < 4.78 is 32.2. The van der Waals surface area contributed by atoms with Gasteiger partial charge in [0.05, 0.1) is 89.8 Å². The molecule has 0 saturated carbocycles. The summed E-state index contributed by atoms with van der Waals surface area (Å²) >= 11 is 0. The van der Waals surface area contributed by atoms with Crippen molar-refractivity contribution in [1.82, 2.24) is 40.7 Å². The van der Waals surface area contributed by atoms with Gasteiger partial charge < -0.3 is 54.6 Å². The van der Waals surface area contributed by atoms with Crippen LogP contribution in [0.5, 0.6) is 0 Å². The molecule has 0 bridgehead atoms. The predicted molar refractivity (Wildman–Crippen MR) is 303 cm³/mol. The number of methoxy groups -OCH3 is 1. The van der Waals surface area contributed by atoms with Crippen LogP contribution in [0.3, 0.4) is 0 Å². The van der Waals surface area contributed by atoms with Gasteiger partial charge in [-0.1, -0.05) is 43.2 Å². The molecule has 3 aliphatic heterocycles. The van der Waals surface area contributed by atoms with Crippen LogP contribution in [-0.4, -0.2) is 184 Å². The van der Waals surface area contributed by atoms with Crippen LogP contribution < -0.4 is 21.3 Å². The van der Waals surface area contributed by atoms with Crippen molar-refractivity contribution in [3.8, 4) is 0 Å². The number of anilines is 1. The third kappa shape index (κ3) is 19.9. The first-order chi connectivity index (χ1) is 40.1. The van der Waals surface area contributed by atoms with Crippen LogP contribution in [0.2, 0.25) is 0 Å². The van der Waals surface area contributed by atoms with Crippen molar-refractivity contribution in [3.05, 3.63) is 114 Å². The molecule has 2 aromatic heterocycles. The second kappa shape index (κ2) is 34.0. The molecule has 3 aliphatic rings. The Labute approximate surface area is 477 Å². The molecule has 1 unspecified atom stereocenters. The first kappa shape index (κ1) is 62.1. The highest BCUT2D eigenvalue weighted by molar-refractivity contribution is 6.14. The van der Waals surface area contributed by atoms with E-state index in [0.29, 0.717) is 137 Å². The number of carbonyl (C=O) groups is 7. The van der Waals surface area contributed by atoms with E-state index in [1.165, 1.54) is 0 Å². The van der Waals surface area contributed by atoms with Gasteiger partial charge in [0, 0.05) is 94.5 Å². The lowest BCUT2D eigenvalue weighted by molar-refractivity contribution is -0.141. The van der Waals surface area contributed by atoms with Gasteiger partial charge in [-0.05, 0) is 84.7 Å². The van der Waals surface area contributed by atoms with E-state index in [4.69, 9.17) is 33.5 Å². The minimum atomic E-state index is -0.953. The number of unbranched alkanes of at least 4 members (excludes halogenated alkanes) is 4. The van der Waals surface area contributed by atoms with E-state index < -0.39 is 42.1 Å². The molecular weight excluding hydrogens is 1060 g/mol. The number of imide groups is 1. The molecule has 23 heteroatoms. The summed E-state index contributed by atoms with van der Waals surface area (Å²) in [6, 6.07) is 17.9. The molecule has 0 saturated heterocycles. The molecule has 7 rings (SSSR count). The number of pyridine rings is 2. The van der Waals surface area contributed by atoms with Gasteiger partial charge in [0.25, 0.3) is 17.7 Å². The zero-order chi connectivity index (χ0) is 57.7. The molecule has 440 valence electrons. The van der Waals surface area contributed by atoms with Gasteiger partial charge in [-0.3, -0.25) is 43.6 Å². The molecule has 0 radical (unpaired) electrons. The molecule has 2 atom stereocenters. The highest BCUT2D eigenvalue weighted by Crippen LogP contribution is 2.34. The molecule has 0 aliphatic carbocycles. The monoisotopic (exact) mass is 1130 g/mol. The molecule has 4 aromatic rings. The molecule has 4 N–H and O–H groups in total. The largest absolute Gasteiger partial charge is 0.382 e. The van der Waals surface area contributed by atoms with Gasteiger partial charge in [-0.15, -0.1) is 0 Å². The van der Waals surface area contributed by atoms with Crippen LogP contribution in [0.15, 0.2) is 96.5 Å². The van der Waals surface area contributed by atoms with Crippen molar-refractivity contribution < 1.29 is 62.0 Å².